The Kier molecular flexibility index (Phi) is 4.72. The predicted octanol–water partition coefficient (Wildman–Crippen LogP) is 2.22. The second kappa shape index (κ2) is 7.04. The molecule has 4 aromatic heterocycles. The summed E-state index contributed by atoms with van der Waals surface area (Å²) in [5, 5.41) is 6.17. The molecule has 0 aliphatic rings. The number of imidazole rings is 1. The van der Waals surface area contributed by atoms with Gasteiger partial charge in [-0.05, 0) is 18.2 Å². The zero-order valence-corrected chi connectivity index (χ0v) is 17.0. The molecule has 0 aliphatic heterocycles. The van der Waals surface area contributed by atoms with Crippen LogP contribution in [0.15, 0.2) is 41.8 Å². The first-order valence-electron chi connectivity index (χ1n) is 8.95. The minimum Gasteiger partial charge on any atom is -0.354 e. The number of carbonyl (C=O) groups is 1. The van der Waals surface area contributed by atoms with Gasteiger partial charge in [0.05, 0.1) is 22.6 Å². The van der Waals surface area contributed by atoms with E-state index in [2.05, 4.69) is 20.4 Å². The molecule has 0 aromatic carbocycles. The zero-order valence-electron chi connectivity index (χ0n) is 16.2. The van der Waals surface area contributed by atoms with Crippen LogP contribution in [0.4, 0.5) is 13.2 Å². The maximum atomic E-state index is 13.0. The summed E-state index contributed by atoms with van der Waals surface area (Å²) < 4.78 is 66.8. The van der Waals surface area contributed by atoms with Gasteiger partial charge in [0.2, 0.25) is 0 Å². The SMILES string of the molecule is CCS(=O)(=O)c1nn2c(C(=O)NC)ccnc2c1-c1cn2cc(C(F)(F)F)ccc2n1. The van der Waals surface area contributed by atoms with Crippen LogP contribution in [0.1, 0.15) is 23.0 Å². The van der Waals surface area contributed by atoms with E-state index < -0.39 is 27.5 Å². The molecule has 0 aliphatic carbocycles. The summed E-state index contributed by atoms with van der Waals surface area (Å²) in [6.45, 7) is 1.43. The first-order chi connectivity index (χ1) is 14.6. The number of pyridine rings is 1. The summed E-state index contributed by atoms with van der Waals surface area (Å²) in [5.41, 5.74) is -0.579. The van der Waals surface area contributed by atoms with Gasteiger partial charge in [-0.25, -0.2) is 22.9 Å². The van der Waals surface area contributed by atoms with Gasteiger partial charge in [0.25, 0.3) is 5.91 Å². The average Bonchev–Trinajstić information content (AvgIpc) is 3.33. The van der Waals surface area contributed by atoms with Crippen molar-refractivity contribution in [2.24, 2.45) is 0 Å². The number of alkyl halides is 3. The Morgan fingerprint density at radius 1 is 1.19 bits per heavy atom. The van der Waals surface area contributed by atoms with Crippen LogP contribution in [-0.4, -0.2) is 51.1 Å². The van der Waals surface area contributed by atoms with Gasteiger partial charge in [-0.1, -0.05) is 6.92 Å². The highest BCUT2D eigenvalue weighted by Gasteiger charge is 2.32. The summed E-state index contributed by atoms with van der Waals surface area (Å²) in [6.07, 6.45) is -1.12. The van der Waals surface area contributed by atoms with Crippen LogP contribution in [0, 0.1) is 0 Å². The van der Waals surface area contributed by atoms with Crippen LogP contribution < -0.4 is 5.32 Å². The molecule has 0 unspecified atom stereocenters. The number of halogens is 3. The molecule has 4 aromatic rings. The Balaban J connectivity index is 2.04. The van der Waals surface area contributed by atoms with Crippen LogP contribution in [-0.2, 0) is 16.0 Å². The van der Waals surface area contributed by atoms with Gasteiger partial charge < -0.3 is 9.72 Å². The molecule has 4 heterocycles. The highest BCUT2D eigenvalue weighted by molar-refractivity contribution is 7.91. The molecular weight excluding hydrogens is 437 g/mol. The topological polar surface area (TPSA) is 111 Å². The van der Waals surface area contributed by atoms with E-state index in [1.165, 1.54) is 38.5 Å². The largest absolute Gasteiger partial charge is 0.417 e. The quantitative estimate of drug-likeness (QED) is 0.508. The first kappa shape index (κ1) is 20.8. The van der Waals surface area contributed by atoms with Gasteiger partial charge in [-0.3, -0.25) is 4.79 Å². The second-order valence-electron chi connectivity index (χ2n) is 6.54. The molecule has 0 radical (unpaired) electrons. The van der Waals surface area contributed by atoms with Gasteiger partial charge in [-0.2, -0.15) is 18.3 Å². The standard InChI is InChI=1S/C18H15F3N6O3S/c1-3-31(29,30)17-14(15-23-7-6-12(16(28)22-2)27(15)25-17)11-9-26-8-10(18(19,20)21)4-5-13(26)24-11/h4-9H,3H2,1-2H3,(H,22,28). The lowest BCUT2D eigenvalue weighted by molar-refractivity contribution is -0.137. The van der Waals surface area contributed by atoms with E-state index in [4.69, 9.17) is 0 Å². The van der Waals surface area contributed by atoms with Crippen LogP contribution in [0.2, 0.25) is 0 Å². The van der Waals surface area contributed by atoms with E-state index in [1.807, 2.05) is 0 Å². The number of rotatable bonds is 4. The molecular formula is C18H15F3N6O3S. The number of nitrogens with one attached hydrogen (secondary N) is 1. The van der Waals surface area contributed by atoms with Crippen LogP contribution >= 0.6 is 0 Å². The number of carbonyl (C=O) groups excluding carboxylic acids is 1. The molecule has 1 N–H and O–H groups in total. The number of hydrogen-bond donors (Lipinski definition) is 1. The van der Waals surface area contributed by atoms with Crippen molar-refractivity contribution in [2.45, 2.75) is 18.1 Å². The van der Waals surface area contributed by atoms with E-state index in [-0.39, 0.29) is 39.0 Å². The van der Waals surface area contributed by atoms with Crippen molar-refractivity contribution < 1.29 is 26.4 Å². The van der Waals surface area contributed by atoms with E-state index in [1.54, 1.807) is 0 Å². The Morgan fingerprint density at radius 2 is 1.94 bits per heavy atom. The average molecular weight is 452 g/mol. The highest BCUT2D eigenvalue weighted by atomic mass is 32.2. The van der Waals surface area contributed by atoms with Gasteiger partial charge >= 0.3 is 6.18 Å². The second-order valence-corrected chi connectivity index (χ2v) is 8.73. The highest BCUT2D eigenvalue weighted by Crippen LogP contribution is 2.33. The summed E-state index contributed by atoms with van der Waals surface area (Å²) in [7, 11) is -2.48. The molecule has 0 spiro atoms. The molecule has 0 saturated heterocycles. The fourth-order valence-electron chi connectivity index (χ4n) is 3.08. The van der Waals surface area contributed by atoms with Gasteiger partial charge in [-0.15, -0.1) is 0 Å². The normalized spacial score (nSPS) is 12.5. The van der Waals surface area contributed by atoms with Crippen LogP contribution in [0.3, 0.4) is 0 Å². The van der Waals surface area contributed by atoms with Crippen molar-refractivity contribution in [1.29, 1.82) is 0 Å². The fraction of sp³-hybridized carbons (Fsp3) is 0.222. The smallest absolute Gasteiger partial charge is 0.354 e. The van der Waals surface area contributed by atoms with E-state index in [9.17, 15) is 26.4 Å². The Hall–Kier alpha value is -3.48. The third-order valence-electron chi connectivity index (χ3n) is 4.66. The Bertz CT molecular complexity index is 1440. The number of amides is 1. The lowest BCUT2D eigenvalue weighted by Gasteiger charge is -2.05. The van der Waals surface area contributed by atoms with Gasteiger partial charge in [0.1, 0.15) is 11.3 Å². The maximum Gasteiger partial charge on any atom is 0.417 e. The number of nitrogens with zero attached hydrogens (tertiary/aromatic N) is 5. The minimum atomic E-state index is -4.55. The molecule has 1 amide bonds. The van der Waals surface area contributed by atoms with Crippen molar-refractivity contribution in [3.05, 3.63) is 48.0 Å². The third kappa shape index (κ3) is 3.40. The van der Waals surface area contributed by atoms with E-state index in [0.29, 0.717) is 0 Å². The summed E-state index contributed by atoms with van der Waals surface area (Å²) >= 11 is 0. The molecule has 4 rings (SSSR count). The van der Waals surface area contributed by atoms with Gasteiger partial charge in [0, 0.05) is 25.6 Å². The molecule has 0 atom stereocenters. The van der Waals surface area contributed by atoms with E-state index in [0.717, 1.165) is 21.2 Å². The van der Waals surface area contributed by atoms with Crippen LogP contribution in [0.25, 0.3) is 22.6 Å². The third-order valence-corrected chi connectivity index (χ3v) is 6.29. The minimum absolute atomic E-state index is 0.00450. The summed E-state index contributed by atoms with van der Waals surface area (Å²) in [4.78, 5) is 20.6. The van der Waals surface area contributed by atoms with Crippen molar-refractivity contribution in [3.63, 3.8) is 0 Å². The number of sulfone groups is 1. The maximum absolute atomic E-state index is 13.0. The number of aromatic nitrogens is 5. The Labute approximate surface area is 173 Å². The molecule has 0 saturated carbocycles. The Morgan fingerprint density at radius 3 is 2.58 bits per heavy atom. The molecule has 13 heteroatoms. The van der Waals surface area contributed by atoms with Crippen molar-refractivity contribution in [3.8, 4) is 11.3 Å². The number of hydrogen-bond acceptors (Lipinski definition) is 6. The monoisotopic (exact) mass is 452 g/mol. The summed E-state index contributed by atoms with van der Waals surface area (Å²) in [5.74, 6) is -0.808. The molecule has 0 bridgehead atoms. The first-order valence-corrected chi connectivity index (χ1v) is 10.6. The van der Waals surface area contributed by atoms with Crippen molar-refractivity contribution in [1.82, 2.24) is 29.3 Å². The lowest BCUT2D eigenvalue weighted by atomic mass is 10.2. The van der Waals surface area contributed by atoms with Gasteiger partial charge in [0.15, 0.2) is 20.5 Å². The number of fused-ring (bicyclic) bond motifs is 2. The predicted molar refractivity (Wildman–Crippen MR) is 103 cm³/mol. The van der Waals surface area contributed by atoms with Crippen molar-refractivity contribution in [2.75, 3.05) is 12.8 Å². The fourth-order valence-corrected chi connectivity index (χ4v) is 4.07. The van der Waals surface area contributed by atoms with Crippen LogP contribution in [0.5, 0.6) is 0 Å². The zero-order chi connectivity index (χ0) is 22.6. The molecule has 162 valence electrons. The molecule has 0 fully saturated rings. The van der Waals surface area contributed by atoms with Crippen molar-refractivity contribution >= 4 is 27.0 Å². The van der Waals surface area contributed by atoms with E-state index >= 15 is 0 Å². The molecule has 9 nitrogen and oxygen atoms in total. The lowest BCUT2D eigenvalue weighted by Crippen LogP contribution is -2.21. The molecule has 31 heavy (non-hydrogen) atoms. The summed E-state index contributed by atoms with van der Waals surface area (Å²) in [6, 6.07) is 3.42.